The van der Waals surface area contributed by atoms with E-state index in [9.17, 15) is 4.79 Å². The van der Waals surface area contributed by atoms with E-state index in [2.05, 4.69) is 15.3 Å². The number of aryl methyl sites for hydroxylation is 1. The van der Waals surface area contributed by atoms with Crippen LogP contribution in [0.2, 0.25) is 0 Å². The lowest BCUT2D eigenvalue weighted by Gasteiger charge is -2.26. The number of hydrogen-bond donors (Lipinski definition) is 2. The molecule has 2 heterocycles. The van der Waals surface area contributed by atoms with Crippen molar-refractivity contribution in [1.29, 1.82) is 0 Å². The topological polar surface area (TPSA) is 80.0 Å². The number of aromatic nitrogens is 3. The predicted octanol–water partition coefficient (Wildman–Crippen LogP) is 2.02. The molecule has 2 rings (SSSR count). The van der Waals surface area contributed by atoms with E-state index in [4.69, 9.17) is 5.11 Å². The molecule has 2 aromatic rings. The smallest absolute Gasteiger partial charge is 0.303 e. The van der Waals surface area contributed by atoms with Crippen LogP contribution in [0.15, 0.2) is 18.6 Å². The van der Waals surface area contributed by atoms with E-state index < -0.39 is 5.97 Å². The average Bonchev–Trinajstić information content (AvgIpc) is 2.70. The number of aliphatic carboxylic acids is 1. The number of carboxylic acids is 1. The fourth-order valence-corrected chi connectivity index (χ4v) is 1.96. The monoisotopic (exact) mass is 262 g/mol. The zero-order chi connectivity index (χ0) is 14.0. The largest absolute Gasteiger partial charge is 0.481 e. The number of rotatable bonds is 5. The molecule has 2 N–H and O–H groups in total. The maximum absolute atomic E-state index is 10.7. The quantitative estimate of drug-likeness (QED) is 0.861. The van der Waals surface area contributed by atoms with Crippen molar-refractivity contribution in [3.63, 3.8) is 0 Å². The summed E-state index contributed by atoms with van der Waals surface area (Å²) in [5, 5.41) is 12.0. The average molecular weight is 262 g/mol. The van der Waals surface area contributed by atoms with Crippen LogP contribution in [0.25, 0.3) is 11.0 Å². The van der Waals surface area contributed by atoms with Crippen molar-refractivity contribution in [2.75, 3.05) is 5.32 Å². The molecule has 0 saturated carbocycles. The Hall–Kier alpha value is -2.11. The lowest BCUT2D eigenvalue weighted by Crippen LogP contribution is -2.32. The number of nitrogens with zero attached hydrogens (tertiary/aromatic N) is 3. The molecule has 0 amide bonds. The van der Waals surface area contributed by atoms with Crippen molar-refractivity contribution in [2.45, 2.75) is 32.2 Å². The second-order valence-corrected chi connectivity index (χ2v) is 5.29. The van der Waals surface area contributed by atoms with Gasteiger partial charge in [-0.15, -0.1) is 0 Å². The number of nitrogens with one attached hydrogen (secondary N) is 1. The molecule has 2 aromatic heterocycles. The first-order valence-electron chi connectivity index (χ1n) is 6.15. The van der Waals surface area contributed by atoms with Gasteiger partial charge >= 0.3 is 5.97 Å². The second-order valence-electron chi connectivity index (χ2n) is 5.29. The number of pyridine rings is 1. The van der Waals surface area contributed by atoms with E-state index >= 15 is 0 Å². The Morgan fingerprint density at radius 2 is 2.21 bits per heavy atom. The summed E-state index contributed by atoms with van der Waals surface area (Å²) in [6.07, 6.45) is 4.10. The molecule has 0 spiro atoms. The van der Waals surface area contributed by atoms with Gasteiger partial charge in [-0.3, -0.25) is 4.79 Å². The molecule has 0 unspecified atom stereocenters. The molecule has 6 nitrogen and oxygen atoms in total. The SMILES string of the molecule is Cn1cnc2c(NC(C)(C)CCC(=O)O)nccc21. The molecule has 0 atom stereocenters. The fraction of sp³-hybridized carbons (Fsp3) is 0.462. The lowest BCUT2D eigenvalue weighted by atomic mass is 9.98. The highest BCUT2D eigenvalue weighted by molar-refractivity contribution is 5.86. The van der Waals surface area contributed by atoms with Crippen LogP contribution in [0.1, 0.15) is 26.7 Å². The zero-order valence-corrected chi connectivity index (χ0v) is 11.3. The van der Waals surface area contributed by atoms with Gasteiger partial charge in [0.25, 0.3) is 0 Å². The van der Waals surface area contributed by atoms with Gasteiger partial charge in [0.05, 0.1) is 11.8 Å². The van der Waals surface area contributed by atoms with Gasteiger partial charge in [0.1, 0.15) is 5.52 Å². The lowest BCUT2D eigenvalue weighted by molar-refractivity contribution is -0.137. The third-order valence-corrected chi connectivity index (χ3v) is 3.06. The van der Waals surface area contributed by atoms with Gasteiger partial charge in [-0.25, -0.2) is 9.97 Å². The molecule has 0 bridgehead atoms. The Morgan fingerprint density at radius 1 is 1.47 bits per heavy atom. The number of carboxylic acid groups (broad SMARTS) is 1. The van der Waals surface area contributed by atoms with Crippen LogP contribution in [-0.2, 0) is 11.8 Å². The first-order chi connectivity index (χ1) is 8.89. The molecule has 6 heteroatoms. The first-order valence-corrected chi connectivity index (χ1v) is 6.15. The Bertz CT molecular complexity index is 604. The summed E-state index contributed by atoms with van der Waals surface area (Å²) in [5.41, 5.74) is 1.44. The van der Waals surface area contributed by atoms with Gasteiger partial charge < -0.3 is 15.0 Å². The van der Waals surface area contributed by atoms with Gasteiger partial charge in [0, 0.05) is 25.2 Å². The van der Waals surface area contributed by atoms with Gasteiger partial charge in [0.15, 0.2) is 5.82 Å². The first kappa shape index (κ1) is 13.3. The van der Waals surface area contributed by atoms with Crippen LogP contribution in [0, 0.1) is 0 Å². The van der Waals surface area contributed by atoms with Crippen LogP contribution >= 0.6 is 0 Å². The number of anilines is 1. The van der Waals surface area contributed by atoms with Gasteiger partial charge in [-0.2, -0.15) is 0 Å². The second kappa shape index (κ2) is 4.87. The third-order valence-electron chi connectivity index (χ3n) is 3.06. The highest BCUT2D eigenvalue weighted by Gasteiger charge is 2.21. The number of fused-ring (bicyclic) bond motifs is 1. The maximum Gasteiger partial charge on any atom is 0.303 e. The van der Waals surface area contributed by atoms with E-state index in [0.717, 1.165) is 11.0 Å². The summed E-state index contributed by atoms with van der Waals surface area (Å²) < 4.78 is 1.92. The Balaban J connectivity index is 2.23. The highest BCUT2D eigenvalue weighted by atomic mass is 16.4. The van der Waals surface area contributed by atoms with Gasteiger partial charge in [0.2, 0.25) is 0 Å². The zero-order valence-electron chi connectivity index (χ0n) is 11.3. The molecule has 19 heavy (non-hydrogen) atoms. The van der Waals surface area contributed by atoms with Crippen molar-refractivity contribution >= 4 is 22.8 Å². The molecule has 0 saturated heterocycles. The van der Waals surface area contributed by atoms with Gasteiger partial charge in [-0.05, 0) is 26.3 Å². The molecule has 0 radical (unpaired) electrons. The van der Waals surface area contributed by atoms with Crippen LogP contribution < -0.4 is 5.32 Å². The molecule has 0 aliphatic rings. The van der Waals surface area contributed by atoms with Crippen molar-refractivity contribution in [3.8, 4) is 0 Å². The van der Waals surface area contributed by atoms with Crippen molar-refractivity contribution in [3.05, 3.63) is 18.6 Å². The third kappa shape index (κ3) is 3.01. The summed E-state index contributed by atoms with van der Waals surface area (Å²) in [4.78, 5) is 19.3. The molecular formula is C13H18N4O2. The minimum absolute atomic E-state index is 0.123. The van der Waals surface area contributed by atoms with Crippen molar-refractivity contribution < 1.29 is 9.90 Å². The summed E-state index contributed by atoms with van der Waals surface area (Å²) in [7, 11) is 1.93. The molecule has 0 aliphatic carbocycles. The van der Waals surface area contributed by atoms with E-state index in [-0.39, 0.29) is 12.0 Å². The maximum atomic E-state index is 10.7. The Labute approximate surface area is 111 Å². The predicted molar refractivity (Wildman–Crippen MR) is 73.1 cm³/mol. The van der Waals surface area contributed by atoms with Crippen LogP contribution in [-0.4, -0.2) is 31.1 Å². The summed E-state index contributed by atoms with van der Waals surface area (Å²) in [5.74, 6) is -0.104. The number of carbonyl (C=O) groups is 1. The molecular weight excluding hydrogens is 244 g/mol. The van der Waals surface area contributed by atoms with Gasteiger partial charge in [-0.1, -0.05) is 0 Å². The minimum atomic E-state index is -0.793. The number of imidazole rings is 1. The highest BCUT2D eigenvalue weighted by Crippen LogP contribution is 2.24. The molecule has 0 fully saturated rings. The number of hydrogen-bond acceptors (Lipinski definition) is 4. The molecule has 102 valence electrons. The van der Waals surface area contributed by atoms with Crippen molar-refractivity contribution in [2.24, 2.45) is 7.05 Å². The van der Waals surface area contributed by atoms with Crippen molar-refractivity contribution in [1.82, 2.24) is 14.5 Å². The van der Waals surface area contributed by atoms with E-state index in [1.54, 1.807) is 12.5 Å². The fourth-order valence-electron chi connectivity index (χ4n) is 1.96. The standard InChI is InChI=1S/C13H18N4O2/c1-13(2,6-4-10(18)19)16-12-11-9(5-7-14-12)17(3)8-15-11/h5,7-8H,4,6H2,1-3H3,(H,14,16)(H,18,19). The molecule has 0 aromatic carbocycles. The summed E-state index contributed by atoms with van der Waals surface area (Å²) in [6.45, 7) is 3.92. The Kier molecular flexibility index (Phi) is 3.42. The van der Waals surface area contributed by atoms with Crippen LogP contribution in [0.3, 0.4) is 0 Å². The van der Waals surface area contributed by atoms with Crippen LogP contribution in [0.5, 0.6) is 0 Å². The normalized spacial score (nSPS) is 11.7. The van der Waals surface area contributed by atoms with Crippen LogP contribution in [0.4, 0.5) is 5.82 Å². The van der Waals surface area contributed by atoms with E-state index in [1.807, 2.05) is 31.5 Å². The van der Waals surface area contributed by atoms with E-state index in [1.165, 1.54) is 0 Å². The Morgan fingerprint density at radius 3 is 2.89 bits per heavy atom. The summed E-state index contributed by atoms with van der Waals surface area (Å²) in [6, 6.07) is 1.90. The minimum Gasteiger partial charge on any atom is -0.481 e. The molecule has 0 aliphatic heterocycles. The summed E-state index contributed by atoms with van der Waals surface area (Å²) >= 11 is 0. The van der Waals surface area contributed by atoms with E-state index in [0.29, 0.717) is 12.2 Å².